The molecule has 0 bridgehead atoms. The van der Waals surface area contributed by atoms with E-state index in [1.807, 2.05) is 18.7 Å². The van der Waals surface area contributed by atoms with Crippen LogP contribution in [0.2, 0.25) is 0 Å². The van der Waals surface area contributed by atoms with Gasteiger partial charge in [0, 0.05) is 19.1 Å². The third-order valence-corrected chi connectivity index (χ3v) is 2.53. The van der Waals surface area contributed by atoms with Crippen LogP contribution in [-0.2, 0) is 4.79 Å². The van der Waals surface area contributed by atoms with Gasteiger partial charge in [-0.3, -0.25) is 9.69 Å². The van der Waals surface area contributed by atoms with E-state index in [2.05, 4.69) is 0 Å². The Morgan fingerprint density at radius 1 is 1.62 bits per heavy atom. The number of aliphatic carboxylic acids is 1. The van der Waals surface area contributed by atoms with E-state index in [4.69, 9.17) is 10.8 Å². The summed E-state index contributed by atoms with van der Waals surface area (Å²) in [5.41, 5.74) is 5.73. The predicted molar refractivity (Wildman–Crippen MR) is 50.4 cm³/mol. The maximum absolute atomic E-state index is 11.0. The van der Waals surface area contributed by atoms with Crippen molar-refractivity contribution >= 4 is 5.97 Å². The number of nitrogens with zero attached hydrogens (tertiary/aromatic N) is 1. The summed E-state index contributed by atoms with van der Waals surface area (Å²) < 4.78 is 0. The zero-order valence-corrected chi connectivity index (χ0v) is 8.23. The van der Waals surface area contributed by atoms with Gasteiger partial charge in [0.15, 0.2) is 0 Å². The molecule has 0 radical (unpaired) electrons. The van der Waals surface area contributed by atoms with E-state index in [1.54, 1.807) is 0 Å². The molecule has 3 N–H and O–H groups in total. The van der Waals surface area contributed by atoms with Crippen LogP contribution < -0.4 is 5.73 Å². The van der Waals surface area contributed by atoms with Crippen molar-refractivity contribution in [2.45, 2.75) is 32.4 Å². The highest BCUT2D eigenvalue weighted by molar-refractivity contribution is 5.73. The average Bonchev–Trinajstić information content (AvgIpc) is 2.34. The van der Waals surface area contributed by atoms with E-state index < -0.39 is 5.97 Å². The molecule has 0 saturated carbocycles. The Labute approximate surface area is 78.7 Å². The van der Waals surface area contributed by atoms with Gasteiger partial charge in [0.1, 0.15) is 6.04 Å². The highest BCUT2D eigenvalue weighted by atomic mass is 16.4. The van der Waals surface area contributed by atoms with E-state index in [0.29, 0.717) is 0 Å². The average molecular weight is 186 g/mol. The molecular weight excluding hydrogens is 168 g/mol. The van der Waals surface area contributed by atoms with Crippen molar-refractivity contribution in [2.24, 2.45) is 11.7 Å². The highest BCUT2D eigenvalue weighted by Crippen LogP contribution is 2.17. The van der Waals surface area contributed by atoms with Crippen molar-refractivity contribution in [1.82, 2.24) is 4.90 Å². The predicted octanol–water partition coefficient (Wildman–Crippen LogP) is 0.129. The van der Waals surface area contributed by atoms with Crippen LogP contribution in [-0.4, -0.2) is 41.1 Å². The Kier molecular flexibility index (Phi) is 3.27. The van der Waals surface area contributed by atoms with Gasteiger partial charge in [-0.2, -0.15) is 0 Å². The number of carbonyl (C=O) groups is 1. The van der Waals surface area contributed by atoms with E-state index in [1.165, 1.54) is 0 Å². The van der Waals surface area contributed by atoms with Crippen molar-refractivity contribution in [2.75, 3.05) is 13.1 Å². The van der Waals surface area contributed by atoms with Gasteiger partial charge in [0.05, 0.1) is 0 Å². The number of hydrogen-bond donors (Lipinski definition) is 2. The first-order chi connectivity index (χ1) is 6.02. The largest absolute Gasteiger partial charge is 0.480 e. The quantitative estimate of drug-likeness (QED) is 0.657. The Morgan fingerprint density at radius 3 is 2.54 bits per heavy atom. The Morgan fingerprint density at radius 2 is 2.23 bits per heavy atom. The van der Waals surface area contributed by atoms with Gasteiger partial charge in [-0.05, 0) is 12.3 Å². The number of hydrogen-bond acceptors (Lipinski definition) is 3. The molecule has 13 heavy (non-hydrogen) atoms. The summed E-state index contributed by atoms with van der Waals surface area (Å²) in [5.74, 6) is -0.591. The molecule has 4 heteroatoms. The summed E-state index contributed by atoms with van der Waals surface area (Å²) in [6.45, 7) is 5.40. The van der Waals surface area contributed by atoms with Crippen LogP contribution in [0.25, 0.3) is 0 Å². The topological polar surface area (TPSA) is 66.6 Å². The molecule has 0 spiro atoms. The third-order valence-electron chi connectivity index (χ3n) is 2.53. The van der Waals surface area contributed by atoms with Gasteiger partial charge >= 0.3 is 5.97 Å². The molecule has 1 aliphatic heterocycles. The van der Waals surface area contributed by atoms with Gasteiger partial charge in [0.25, 0.3) is 0 Å². The Bertz CT molecular complexity index is 194. The molecule has 2 unspecified atom stereocenters. The smallest absolute Gasteiger partial charge is 0.321 e. The van der Waals surface area contributed by atoms with Gasteiger partial charge in [0.2, 0.25) is 0 Å². The maximum Gasteiger partial charge on any atom is 0.321 e. The van der Waals surface area contributed by atoms with Crippen LogP contribution in [0.3, 0.4) is 0 Å². The second kappa shape index (κ2) is 4.07. The lowest BCUT2D eigenvalue weighted by Gasteiger charge is -2.26. The van der Waals surface area contributed by atoms with Crippen LogP contribution in [0.4, 0.5) is 0 Å². The number of carboxylic acids is 1. The fourth-order valence-corrected chi connectivity index (χ4v) is 1.93. The molecule has 76 valence electrons. The van der Waals surface area contributed by atoms with Crippen molar-refractivity contribution in [3.8, 4) is 0 Å². The first-order valence-electron chi connectivity index (χ1n) is 4.74. The molecule has 0 aliphatic carbocycles. The van der Waals surface area contributed by atoms with Crippen LogP contribution in [0.5, 0.6) is 0 Å². The molecule has 0 aromatic rings. The second-order valence-corrected chi connectivity index (χ2v) is 4.07. The Balaban J connectivity index is 2.60. The summed E-state index contributed by atoms with van der Waals surface area (Å²) in [6, 6.07) is -0.214. The van der Waals surface area contributed by atoms with Gasteiger partial charge in [-0.15, -0.1) is 0 Å². The lowest BCUT2D eigenvalue weighted by molar-refractivity contribution is -0.144. The number of nitrogens with two attached hydrogens (primary N) is 1. The summed E-state index contributed by atoms with van der Waals surface area (Å²) in [7, 11) is 0. The van der Waals surface area contributed by atoms with Crippen molar-refractivity contribution in [3.05, 3.63) is 0 Å². The molecule has 1 aliphatic rings. The van der Waals surface area contributed by atoms with Gasteiger partial charge in [-0.25, -0.2) is 0 Å². The SMILES string of the molecule is CC(C)C(C(=O)O)N1CCC(N)C1. The third kappa shape index (κ3) is 2.42. The monoisotopic (exact) mass is 186 g/mol. The van der Waals surface area contributed by atoms with E-state index in [-0.39, 0.29) is 18.0 Å². The van der Waals surface area contributed by atoms with Gasteiger partial charge in [-0.1, -0.05) is 13.8 Å². The van der Waals surface area contributed by atoms with Crippen LogP contribution in [0, 0.1) is 5.92 Å². The van der Waals surface area contributed by atoms with Crippen molar-refractivity contribution in [1.29, 1.82) is 0 Å². The van der Waals surface area contributed by atoms with Crippen LogP contribution in [0.1, 0.15) is 20.3 Å². The lowest BCUT2D eigenvalue weighted by Crippen LogP contribution is -2.44. The normalized spacial score (nSPS) is 26.6. The highest BCUT2D eigenvalue weighted by Gasteiger charge is 2.32. The summed E-state index contributed by atoms with van der Waals surface area (Å²) >= 11 is 0. The zero-order valence-electron chi connectivity index (χ0n) is 8.23. The van der Waals surface area contributed by atoms with Crippen LogP contribution in [0.15, 0.2) is 0 Å². The first-order valence-corrected chi connectivity index (χ1v) is 4.74. The fraction of sp³-hybridized carbons (Fsp3) is 0.889. The minimum atomic E-state index is -0.732. The molecule has 4 nitrogen and oxygen atoms in total. The molecule has 0 aromatic heterocycles. The summed E-state index contributed by atoms with van der Waals surface area (Å²) in [5, 5.41) is 9.01. The van der Waals surface area contributed by atoms with E-state index in [9.17, 15) is 4.79 Å². The van der Waals surface area contributed by atoms with E-state index in [0.717, 1.165) is 19.5 Å². The minimum absolute atomic E-state index is 0.141. The maximum atomic E-state index is 11.0. The standard InChI is InChI=1S/C9H18N2O2/c1-6(2)8(9(12)13)11-4-3-7(10)5-11/h6-8H,3-5,10H2,1-2H3,(H,12,13). The molecule has 2 atom stereocenters. The summed E-state index contributed by atoms with van der Waals surface area (Å²) in [6.07, 6.45) is 0.913. The van der Waals surface area contributed by atoms with Crippen LogP contribution >= 0.6 is 0 Å². The first kappa shape index (κ1) is 10.5. The lowest BCUT2D eigenvalue weighted by atomic mass is 10.0. The number of likely N-dealkylation sites (tertiary alicyclic amines) is 1. The molecular formula is C9H18N2O2. The zero-order chi connectivity index (χ0) is 10.0. The molecule has 1 heterocycles. The minimum Gasteiger partial charge on any atom is -0.480 e. The molecule has 1 rings (SSSR count). The van der Waals surface area contributed by atoms with E-state index >= 15 is 0 Å². The Hall–Kier alpha value is -0.610. The molecule has 1 saturated heterocycles. The number of rotatable bonds is 3. The summed E-state index contributed by atoms with van der Waals surface area (Å²) in [4.78, 5) is 12.9. The number of carboxylic acid groups (broad SMARTS) is 1. The molecule has 0 amide bonds. The molecule has 1 fully saturated rings. The van der Waals surface area contributed by atoms with Crippen molar-refractivity contribution in [3.63, 3.8) is 0 Å². The van der Waals surface area contributed by atoms with Crippen molar-refractivity contribution < 1.29 is 9.90 Å². The second-order valence-electron chi connectivity index (χ2n) is 4.07. The molecule has 0 aromatic carbocycles. The van der Waals surface area contributed by atoms with Gasteiger partial charge < -0.3 is 10.8 Å². The fourth-order valence-electron chi connectivity index (χ4n) is 1.93.